The fourth-order valence-corrected chi connectivity index (χ4v) is 1.45. The Balaban J connectivity index is 2.91. The highest BCUT2D eigenvalue weighted by Gasteiger charge is 2.18. The Morgan fingerprint density at radius 2 is 1.93 bits per heavy atom. The minimum Gasteiger partial charge on any atom is -0.506 e. The van der Waals surface area contributed by atoms with E-state index in [4.69, 9.17) is 0 Å². The van der Waals surface area contributed by atoms with Gasteiger partial charge in [0.05, 0.1) is 5.70 Å². The van der Waals surface area contributed by atoms with Gasteiger partial charge in [-0.15, -0.1) is 0 Å². The van der Waals surface area contributed by atoms with E-state index < -0.39 is 0 Å². The Kier molecular flexibility index (Phi) is 3.28. The molecule has 1 aliphatic carbocycles. The van der Waals surface area contributed by atoms with Crippen molar-refractivity contribution in [2.24, 2.45) is 0 Å². The van der Waals surface area contributed by atoms with Crippen LogP contribution in [0.25, 0.3) is 0 Å². The van der Waals surface area contributed by atoms with Gasteiger partial charge in [-0.25, -0.2) is 0 Å². The molecule has 0 radical (unpaired) electrons. The number of aliphatic hydroxyl groups is 1. The summed E-state index contributed by atoms with van der Waals surface area (Å²) in [6.07, 6.45) is 4.85. The van der Waals surface area contributed by atoms with E-state index in [1.54, 1.807) is 0 Å². The lowest BCUT2D eigenvalue weighted by atomic mass is 10.1. The molecule has 0 saturated heterocycles. The number of hydrogen-bond acceptors (Lipinski definition) is 2. The van der Waals surface area contributed by atoms with Crippen LogP contribution in [0.5, 0.6) is 0 Å². The highest BCUT2D eigenvalue weighted by molar-refractivity contribution is 5.50. The highest BCUT2D eigenvalue weighted by Crippen LogP contribution is 2.24. The summed E-state index contributed by atoms with van der Waals surface area (Å²) in [6, 6.07) is 0. The van der Waals surface area contributed by atoms with Gasteiger partial charge in [0, 0.05) is 5.54 Å². The summed E-state index contributed by atoms with van der Waals surface area (Å²) in [7, 11) is 0. The van der Waals surface area contributed by atoms with E-state index in [0.717, 1.165) is 17.7 Å². The topological polar surface area (TPSA) is 32.3 Å². The monoisotopic (exact) mass is 207 g/mol. The molecule has 15 heavy (non-hydrogen) atoms. The highest BCUT2D eigenvalue weighted by atomic mass is 16.3. The molecule has 0 heterocycles. The lowest BCUT2D eigenvalue weighted by Crippen LogP contribution is -2.35. The molecule has 0 aromatic heterocycles. The Hall–Kier alpha value is -1.18. The van der Waals surface area contributed by atoms with Crippen molar-refractivity contribution in [1.82, 2.24) is 5.32 Å². The first-order chi connectivity index (χ1) is 6.83. The molecule has 2 heteroatoms. The Bertz CT molecular complexity index is 340. The molecular formula is C13H21NO. The summed E-state index contributed by atoms with van der Waals surface area (Å²) in [5, 5.41) is 13.0. The molecule has 0 unspecified atom stereocenters. The normalized spacial score (nSPS) is 19.8. The van der Waals surface area contributed by atoms with Crippen molar-refractivity contribution in [2.75, 3.05) is 0 Å². The number of aliphatic hydroxyl groups excluding tert-OH is 1. The molecule has 0 spiro atoms. The number of rotatable bonds is 2. The first-order valence-corrected chi connectivity index (χ1v) is 5.44. The molecular weight excluding hydrogens is 186 g/mol. The number of hydrogen-bond donors (Lipinski definition) is 2. The SMILES string of the molecule is CCC(C)=C1C=C(O)C(NC(C)(C)C)=C1. The molecule has 0 aliphatic heterocycles. The van der Waals surface area contributed by atoms with Crippen molar-refractivity contribution < 1.29 is 5.11 Å². The van der Waals surface area contributed by atoms with Crippen LogP contribution in [0, 0.1) is 0 Å². The number of nitrogens with one attached hydrogen (secondary N) is 1. The van der Waals surface area contributed by atoms with Crippen LogP contribution in [-0.2, 0) is 0 Å². The molecule has 1 rings (SSSR count). The van der Waals surface area contributed by atoms with E-state index in [1.807, 2.05) is 12.2 Å². The Morgan fingerprint density at radius 1 is 1.33 bits per heavy atom. The predicted octanol–water partition coefficient (Wildman–Crippen LogP) is 3.44. The molecule has 0 atom stereocenters. The zero-order valence-electron chi connectivity index (χ0n) is 10.3. The van der Waals surface area contributed by atoms with Crippen LogP contribution in [-0.4, -0.2) is 10.6 Å². The second-order valence-corrected chi connectivity index (χ2v) is 5.05. The molecule has 0 saturated carbocycles. The molecule has 0 bridgehead atoms. The van der Waals surface area contributed by atoms with E-state index in [2.05, 4.69) is 39.9 Å². The summed E-state index contributed by atoms with van der Waals surface area (Å²) in [5.41, 5.74) is 3.22. The molecule has 0 fully saturated rings. The van der Waals surface area contributed by atoms with Crippen LogP contribution >= 0.6 is 0 Å². The van der Waals surface area contributed by atoms with Crippen molar-refractivity contribution in [2.45, 2.75) is 46.6 Å². The second kappa shape index (κ2) is 4.13. The van der Waals surface area contributed by atoms with Crippen LogP contribution in [0.3, 0.4) is 0 Å². The van der Waals surface area contributed by atoms with Crippen LogP contribution in [0.2, 0.25) is 0 Å². The maximum absolute atomic E-state index is 9.76. The Morgan fingerprint density at radius 3 is 2.40 bits per heavy atom. The summed E-state index contributed by atoms with van der Waals surface area (Å²) in [4.78, 5) is 0. The van der Waals surface area contributed by atoms with Gasteiger partial charge in [-0.3, -0.25) is 0 Å². The second-order valence-electron chi connectivity index (χ2n) is 5.05. The largest absolute Gasteiger partial charge is 0.506 e. The third-order valence-corrected chi connectivity index (χ3v) is 2.40. The minimum atomic E-state index is -0.0246. The van der Waals surface area contributed by atoms with Gasteiger partial charge in [-0.1, -0.05) is 12.5 Å². The first kappa shape index (κ1) is 11.9. The van der Waals surface area contributed by atoms with Crippen molar-refractivity contribution >= 4 is 0 Å². The van der Waals surface area contributed by atoms with Gasteiger partial charge in [0.25, 0.3) is 0 Å². The smallest absolute Gasteiger partial charge is 0.139 e. The lowest BCUT2D eigenvalue weighted by molar-refractivity contribution is 0.390. The van der Waals surface area contributed by atoms with Gasteiger partial charge in [-0.2, -0.15) is 0 Å². The van der Waals surface area contributed by atoms with Crippen LogP contribution in [0.1, 0.15) is 41.0 Å². The van der Waals surface area contributed by atoms with Crippen molar-refractivity contribution in [1.29, 1.82) is 0 Å². The van der Waals surface area contributed by atoms with E-state index >= 15 is 0 Å². The maximum atomic E-state index is 9.76. The third-order valence-electron chi connectivity index (χ3n) is 2.40. The first-order valence-electron chi connectivity index (χ1n) is 5.44. The predicted molar refractivity (Wildman–Crippen MR) is 64.7 cm³/mol. The van der Waals surface area contributed by atoms with Gasteiger partial charge in [-0.05, 0) is 51.8 Å². The maximum Gasteiger partial charge on any atom is 0.139 e. The average molecular weight is 207 g/mol. The summed E-state index contributed by atoms with van der Waals surface area (Å²) < 4.78 is 0. The van der Waals surface area contributed by atoms with Crippen LogP contribution < -0.4 is 5.32 Å². The summed E-state index contributed by atoms with van der Waals surface area (Å²) >= 11 is 0. The van der Waals surface area contributed by atoms with Gasteiger partial charge < -0.3 is 10.4 Å². The average Bonchev–Trinajstić information content (AvgIpc) is 2.44. The van der Waals surface area contributed by atoms with E-state index in [1.165, 1.54) is 5.57 Å². The van der Waals surface area contributed by atoms with Crippen LogP contribution in [0.4, 0.5) is 0 Å². The fraction of sp³-hybridized carbons (Fsp3) is 0.538. The lowest BCUT2D eigenvalue weighted by Gasteiger charge is -2.22. The molecule has 84 valence electrons. The molecule has 0 amide bonds. The zero-order valence-corrected chi connectivity index (χ0v) is 10.3. The standard InChI is InChI=1S/C13H21NO/c1-6-9(2)10-7-11(12(15)8-10)14-13(3,4)5/h7-8,14-15H,6H2,1-5H3. The van der Waals surface area contributed by atoms with Crippen LogP contribution in [0.15, 0.2) is 34.8 Å². The van der Waals surface area contributed by atoms with E-state index in [0.29, 0.717) is 5.76 Å². The number of allylic oxidation sites excluding steroid dienone is 4. The van der Waals surface area contributed by atoms with Crippen molar-refractivity contribution in [3.05, 3.63) is 34.8 Å². The third kappa shape index (κ3) is 3.15. The van der Waals surface area contributed by atoms with Gasteiger partial charge >= 0.3 is 0 Å². The molecule has 1 aliphatic rings. The minimum absolute atomic E-state index is 0.0246. The fourth-order valence-electron chi connectivity index (χ4n) is 1.45. The summed E-state index contributed by atoms with van der Waals surface area (Å²) in [5.74, 6) is 0.340. The zero-order chi connectivity index (χ0) is 11.6. The van der Waals surface area contributed by atoms with Crippen molar-refractivity contribution in [3.8, 4) is 0 Å². The van der Waals surface area contributed by atoms with E-state index in [-0.39, 0.29) is 5.54 Å². The molecule has 2 nitrogen and oxygen atoms in total. The van der Waals surface area contributed by atoms with E-state index in [9.17, 15) is 5.11 Å². The van der Waals surface area contributed by atoms with Gasteiger partial charge in [0.2, 0.25) is 0 Å². The van der Waals surface area contributed by atoms with Crippen molar-refractivity contribution in [3.63, 3.8) is 0 Å². The Labute approximate surface area is 92.4 Å². The quantitative estimate of drug-likeness (QED) is 0.727. The van der Waals surface area contributed by atoms with Gasteiger partial charge in [0.15, 0.2) is 0 Å². The molecule has 2 N–H and O–H groups in total. The summed E-state index contributed by atoms with van der Waals surface area (Å²) in [6.45, 7) is 10.5. The molecule has 0 aromatic carbocycles. The molecule has 0 aromatic rings. The van der Waals surface area contributed by atoms with Gasteiger partial charge in [0.1, 0.15) is 5.76 Å².